The molecule has 0 aromatic heterocycles. The van der Waals surface area contributed by atoms with Crippen molar-refractivity contribution in [3.63, 3.8) is 0 Å². The summed E-state index contributed by atoms with van der Waals surface area (Å²) in [7, 11) is 0. The van der Waals surface area contributed by atoms with Crippen LogP contribution < -0.4 is 10.1 Å². The molecule has 3 nitrogen and oxygen atoms in total. The lowest BCUT2D eigenvalue weighted by Gasteiger charge is -2.35. The van der Waals surface area contributed by atoms with Gasteiger partial charge in [0.15, 0.2) is 11.6 Å². The third-order valence-corrected chi connectivity index (χ3v) is 3.86. The van der Waals surface area contributed by atoms with Crippen LogP contribution in [0.2, 0.25) is 0 Å². The molecule has 1 fully saturated rings. The molecule has 0 amide bonds. The minimum Gasteiger partial charge on any atom is -0.403 e. The van der Waals surface area contributed by atoms with E-state index in [-0.39, 0.29) is 24.4 Å². The molecule has 0 saturated carbocycles. The molecular formula is C15H18ClF7N2O. The molecule has 0 aliphatic carbocycles. The fraction of sp³-hybridized carbons (Fsp3) is 0.600. The predicted octanol–water partition coefficient (Wildman–Crippen LogP) is 4.43. The van der Waals surface area contributed by atoms with Gasteiger partial charge in [0.1, 0.15) is 0 Å². The number of hydrogen-bond acceptors (Lipinski definition) is 3. The van der Waals surface area contributed by atoms with E-state index in [2.05, 4.69) is 10.1 Å². The summed E-state index contributed by atoms with van der Waals surface area (Å²) in [5.74, 6) is -2.27. The minimum absolute atomic E-state index is 0. The molecule has 1 heterocycles. The van der Waals surface area contributed by atoms with Gasteiger partial charge in [0.25, 0.3) is 0 Å². The Kier molecular flexibility index (Phi) is 7.97. The van der Waals surface area contributed by atoms with Crippen LogP contribution in [0.15, 0.2) is 18.2 Å². The predicted molar refractivity (Wildman–Crippen MR) is 82.8 cm³/mol. The number of benzene rings is 1. The Labute approximate surface area is 151 Å². The molecule has 0 spiro atoms. The summed E-state index contributed by atoms with van der Waals surface area (Å²) < 4.78 is 91.8. The Morgan fingerprint density at radius 2 is 1.69 bits per heavy atom. The average molecular weight is 411 g/mol. The van der Waals surface area contributed by atoms with Crippen LogP contribution >= 0.6 is 12.4 Å². The molecule has 26 heavy (non-hydrogen) atoms. The first-order valence-corrected chi connectivity index (χ1v) is 7.62. The van der Waals surface area contributed by atoms with E-state index in [0.717, 1.165) is 12.1 Å². The van der Waals surface area contributed by atoms with E-state index < -0.39 is 36.6 Å². The summed E-state index contributed by atoms with van der Waals surface area (Å²) in [6.07, 6.45) is -10.8. The summed E-state index contributed by atoms with van der Waals surface area (Å²) in [6.45, 7) is 2.07. The number of halogens is 8. The van der Waals surface area contributed by atoms with E-state index in [1.54, 1.807) is 4.90 Å². The molecule has 150 valence electrons. The highest BCUT2D eigenvalue weighted by molar-refractivity contribution is 5.85. The van der Waals surface area contributed by atoms with Gasteiger partial charge in [-0.3, -0.25) is 4.90 Å². The first kappa shape index (κ1) is 22.8. The van der Waals surface area contributed by atoms with E-state index in [4.69, 9.17) is 0 Å². The van der Waals surface area contributed by atoms with Crippen molar-refractivity contribution in [2.45, 2.75) is 31.4 Å². The number of hydrogen-bond donors (Lipinski definition) is 1. The summed E-state index contributed by atoms with van der Waals surface area (Å²) in [6, 6.07) is 2.04. The Hall–Kier alpha value is -1.26. The number of piperazine rings is 1. The van der Waals surface area contributed by atoms with E-state index in [0.29, 0.717) is 26.2 Å². The summed E-state index contributed by atoms with van der Waals surface area (Å²) in [4.78, 5) is 1.77. The van der Waals surface area contributed by atoms with Gasteiger partial charge in [-0.15, -0.1) is 25.6 Å². The van der Waals surface area contributed by atoms with E-state index >= 15 is 0 Å². The molecule has 1 aromatic carbocycles. The molecule has 11 heteroatoms. The van der Waals surface area contributed by atoms with Crippen LogP contribution in [-0.4, -0.2) is 43.6 Å². The van der Waals surface area contributed by atoms with Gasteiger partial charge >= 0.3 is 12.5 Å². The normalized spacial score (nSPS) is 17.5. The lowest BCUT2D eigenvalue weighted by molar-refractivity contribution is -0.275. The Morgan fingerprint density at radius 3 is 2.19 bits per heavy atom. The number of rotatable bonds is 5. The zero-order chi connectivity index (χ0) is 18.7. The Balaban J connectivity index is 0.00000338. The van der Waals surface area contributed by atoms with Crippen LogP contribution in [0.5, 0.6) is 5.75 Å². The van der Waals surface area contributed by atoms with E-state index in [1.165, 1.54) is 6.07 Å². The molecule has 1 atom stereocenters. The molecule has 1 N–H and O–H groups in total. The molecule has 1 aliphatic heterocycles. The first-order chi connectivity index (χ1) is 11.6. The van der Waals surface area contributed by atoms with Crippen LogP contribution in [0.25, 0.3) is 0 Å². The molecule has 0 bridgehead atoms. The second kappa shape index (κ2) is 9.09. The molecule has 1 aliphatic rings. The second-order valence-electron chi connectivity index (χ2n) is 5.69. The number of nitrogens with zero attached hydrogens (tertiary/aromatic N) is 1. The fourth-order valence-corrected chi connectivity index (χ4v) is 2.79. The van der Waals surface area contributed by atoms with Gasteiger partial charge in [-0.2, -0.15) is 13.2 Å². The standard InChI is InChI=1S/C15H17F7N2O.ClH/c16-11-9-10(1-2-13(11)25-15(20,21)22)12(3-4-14(17,18)19)24-7-5-23-6-8-24;/h1-2,9,12,23H,3-8H2;1H/t12-;/m1./s1. The molecule has 1 saturated heterocycles. The Morgan fingerprint density at radius 1 is 1.08 bits per heavy atom. The average Bonchev–Trinajstić information content (AvgIpc) is 2.49. The van der Waals surface area contributed by atoms with Crippen LogP contribution in [0.3, 0.4) is 0 Å². The van der Waals surface area contributed by atoms with E-state index in [1.807, 2.05) is 0 Å². The maximum atomic E-state index is 13.9. The van der Waals surface area contributed by atoms with Crippen LogP contribution in [0.4, 0.5) is 30.7 Å². The molecule has 0 radical (unpaired) electrons. The van der Waals surface area contributed by atoms with Crippen molar-refractivity contribution in [3.05, 3.63) is 29.6 Å². The second-order valence-corrected chi connectivity index (χ2v) is 5.69. The van der Waals surface area contributed by atoms with Gasteiger partial charge in [0.05, 0.1) is 0 Å². The topological polar surface area (TPSA) is 24.5 Å². The van der Waals surface area contributed by atoms with Gasteiger partial charge in [-0.25, -0.2) is 4.39 Å². The highest BCUT2D eigenvalue weighted by Crippen LogP contribution is 2.34. The molecule has 1 aromatic rings. The molecule has 2 rings (SSSR count). The van der Waals surface area contributed by atoms with Crippen LogP contribution in [0.1, 0.15) is 24.4 Å². The van der Waals surface area contributed by atoms with Crippen LogP contribution in [0, 0.1) is 5.82 Å². The lowest BCUT2D eigenvalue weighted by Crippen LogP contribution is -2.45. The van der Waals surface area contributed by atoms with Gasteiger partial charge in [0.2, 0.25) is 0 Å². The summed E-state index contributed by atoms with van der Waals surface area (Å²) in [5.41, 5.74) is 0.193. The largest absolute Gasteiger partial charge is 0.573 e. The third-order valence-electron chi connectivity index (χ3n) is 3.86. The van der Waals surface area contributed by atoms with Crippen LogP contribution in [-0.2, 0) is 0 Å². The maximum Gasteiger partial charge on any atom is 0.573 e. The highest BCUT2D eigenvalue weighted by Gasteiger charge is 2.34. The number of alkyl halides is 6. The number of nitrogens with one attached hydrogen (secondary N) is 1. The van der Waals surface area contributed by atoms with Crippen molar-refractivity contribution in [2.75, 3.05) is 26.2 Å². The van der Waals surface area contributed by atoms with Crippen molar-refractivity contribution >= 4 is 12.4 Å². The number of ether oxygens (including phenoxy) is 1. The van der Waals surface area contributed by atoms with E-state index in [9.17, 15) is 30.7 Å². The van der Waals surface area contributed by atoms with Crippen molar-refractivity contribution in [1.82, 2.24) is 10.2 Å². The maximum absolute atomic E-state index is 13.9. The van der Waals surface area contributed by atoms with Crippen molar-refractivity contribution < 1.29 is 35.5 Å². The van der Waals surface area contributed by atoms with Crippen molar-refractivity contribution in [1.29, 1.82) is 0 Å². The van der Waals surface area contributed by atoms with Crippen molar-refractivity contribution in [2.24, 2.45) is 0 Å². The Bertz CT molecular complexity index is 574. The van der Waals surface area contributed by atoms with Crippen molar-refractivity contribution in [3.8, 4) is 5.75 Å². The van der Waals surface area contributed by atoms with Gasteiger partial charge < -0.3 is 10.1 Å². The zero-order valence-electron chi connectivity index (χ0n) is 13.5. The summed E-state index contributed by atoms with van der Waals surface area (Å²) >= 11 is 0. The smallest absolute Gasteiger partial charge is 0.403 e. The van der Waals surface area contributed by atoms with Gasteiger partial charge in [-0.05, 0) is 24.1 Å². The molecular weight excluding hydrogens is 393 g/mol. The quantitative estimate of drug-likeness (QED) is 0.727. The highest BCUT2D eigenvalue weighted by atomic mass is 35.5. The first-order valence-electron chi connectivity index (χ1n) is 7.62. The van der Waals surface area contributed by atoms with Gasteiger partial charge in [0, 0.05) is 38.6 Å². The van der Waals surface area contributed by atoms with Gasteiger partial charge in [-0.1, -0.05) is 6.07 Å². The minimum atomic E-state index is -5.05. The fourth-order valence-electron chi connectivity index (χ4n) is 2.79. The monoisotopic (exact) mass is 410 g/mol. The summed E-state index contributed by atoms with van der Waals surface area (Å²) in [5, 5.41) is 3.06. The SMILES string of the molecule is Cl.Fc1cc([C@@H](CCC(F)(F)F)N2CCNCC2)ccc1OC(F)(F)F. The molecule has 0 unspecified atom stereocenters. The third kappa shape index (κ3) is 7.16. The lowest BCUT2D eigenvalue weighted by atomic mass is 9.99. The zero-order valence-corrected chi connectivity index (χ0v) is 14.3.